The molecular weight excluding hydrogens is 156 g/mol. The molecule has 0 aliphatic heterocycles. The molecule has 13 heavy (non-hydrogen) atoms. The Morgan fingerprint density at radius 3 is 2.69 bits per heavy atom. The van der Waals surface area contributed by atoms with E-state index in [9.17, 15) is 0 Å². The summed E-state index contributed by atoms with van der Waals surface area (Å²) in [7, 11) is 0. The summed E-state index contributed by atoms with van der Waals surface area (Å²) in [5.41, 5.74) is 0. The second-order valence-electron chi connectivity index (χ2n) is 5.86. The molecule has 3 saturated carbocycles. The Kier molecular flexibility index (Phi) is 1.76. The van der Waals surface area contributed by atoms with Crippen molar-refractivity contribution in [3.63, 3.8) is 0 Å². The first kappa shape index (κ1) is 8.32. The minimum Gasteiger partial charge on any atom is -0.0651 e. The predicted molar refractivity (Wildman–Crippen MR) is 55.4 cm³/mol. The van der Waals surface area contributed by atoms with Crippen LogP contribution in [0.25, 0.3) is 0 Å². The maximum Gasteiger partial charge on any atom is -0.0329 e. The molecule has 0 saturated heterocycles. The van der Waals surface area contributed by atoms with Crippen molar-refractivity contribution in [2.75, 3.05) is 0 Å². The Hall–Kier alpha value is 0. The topological polar surface area (TPSA) is 0 Å². The van der Waals surface area contributed by atoms with Crippen molar-refractivity contribution < 1.29 is 0 Å². The van der Waals surface area contributed by atoms with Gasteiger partial charge in [0.25, 0.3) is 0 Å². The van der Waals surface area contributed by atoms with E-state index in [-0.39, 0.29) is 0 Å². The fraction of sp³-hybridized carbons (Fsp3) is 1.00. The molecule has 0 aromatic heterocycles. The normalized spacial score (nSPS) is 58.6. The van der Waals surface area contributed by atoms with E-state index < -0.39 is 0 Å². The highest BCUT2D eigenvalue weighted by Gasteiger charge is 2.55. The highest BCUT2D eigenvalue weighted by atomic mass is 14.6. The molecular formula is C13H22. The van der Waals surface area contributed by atoms with Gasteiger partial charge in [0.05, 0.1) is 0 Å². The Labute approximate surface area is 82.1 Å². The van der Waals surface area contributed by atoms with Gasteiger partial charge in [0.1, 0.15) is 0 Å². The molecule has 0 aromatic carbocycles. The Morgan fingerprint density at radius 1 is 1.08 bits per heavy atom. The van der Waals surface area contributed by atoms with Crippen LogP contribution in [0.1, 0.15) is 46.0 Å². The molecule has 0 heteroatoms. The number of hydrogen-bond donors (Lipinski definition) is 0. The summed E-state index contributed by atoms with van der Waals surface area (Å²) in [6.07, 6.45) is 7.77. The summed E-state index contributed by atoms with van der Waals surface area (Å²) >= 11 is 0. The van der Waals surface area contributed by atoms with Gasteiger partial charge < -0.3 is 0 Å². The van der Waals surface area contributed by atoms with Crippen molar-refractivity contribution in [2.45, 2.75) is 46.0 Å². The van der Waals surface area contributed by atoms with Gasteiger partial charge in [-0.3, -0.25) is 0 Å². The standard InChI is InChI=1S/C13H22/c1-3-9-6-10-7-12(9)11-5-4-8(2)13(10)11/h8-13H,3-7H2,1-2H3. The van der Waals surface area contributed by atoms with Gasteiger partial charge >= 0.3 is 0 Å². The van der Waals surface area contributed by atoms with Crippen molar-refractivity contribution in [3.8, 4) is 0 Å². The minimum atomic E-state index is 1.07. The summed E-state index contributed by atoms with van der Waals surface area (Å²) in [5.74, 6) is 6.82. The Morgan fingerprint density at radius 2 is 1.92 bits per heavy atom. The second-order valence-corrected chi connectivity index (χ2v) is 5.86. The van der Waals surface area contributed by atoms with Crippen LogP contribution in [-0.4, -0.2) is 0 Å². The van der Waals surface area contributed by atoms with Crippen LogP contribution >= 0.6 is 0 Å². The maximum absolute atomic E-state index is 2.51. The summed E-state index contributed by atoms with van der Waals surface area (Å²) < 4.78 is 0. The van der Waals surface area contributed by atoms with E-state index in [4.69, 9.17) is 0 Å². The third-order valence-corrected chi connectivity index (χ3v) is 5.51. The molecule has 0 N–H and O–H groups in total. The average Bonchev–Trinajstić information content (AvgIpc) is 2.76. The zero-order chi connectivity index (χ0) is 9.00. The van der Waals surface area contributed by atoms with Gasteiger partial charge in [-0.15, -0.1) is 0 Å². The molecule has 2 bridgehead atoms. The lowest BCUT2D eigenvalue weighted by molar-refractivity contribution is 0.163. The van der Waals surface area contributed by atoms with E-state index in [1.165, 1.54) is 12.3 Å². The zero-order valence-electron chi connectivity index (χ0n) is 9.00. The molecule has 0 aromatic rings. The van der Waals surface area contributed by atoms with Gasteiger partial charge in [-0.25, -0.2) is 0 Å². The van der Waals surface area contributed by atoms with Crippen molar-refractivity contribution in [3.05, 3.63) is 0 Å². The Balaban J connectivity index is 1.83. The summed E-state index contributed by atoms with van der Waals surface area (Å²) in [5, 5.41) is 0. The van der Waals surface area contributed by atoms with Crippen molar-refractivity contribution in [1.29, 1.82) is 0 Å². The highest BCUT2D eigenvalue weighted by Crippen LogP contribution is 2.63. The smallest absolute Gasteiger partial charge is 0.0329 e. The first-order chi connectivity index (χ1) is 6.31. The molecule has 0 heterocycles. The molecule has 3 fully saturated rings. The number of fused-ring (bicyclic) bond motifs is 5. The highest BCUT2D eigenvalue weighted by molar-refractivity contribution is 5.04. The third kappa shape index (κ3) is 0.980. The lowest BCUT2D eigenvalue weighted by Crippen LogP contribution is -2.26. The van der Waals surface area contributed by atoms with Gasteiger partial charge in [0.2, 0.25) is 0 Å². The fourth-order valence-electron chi connectivity index (χ4n) is 5.09. The van der Waals surface area contributed by atoms with Gasteiger partial charge in [0.15, 0.2) is 0 Å². The van der Waals surface area contributed by atoms with Gasteiger partial charge in [-0.2, -0.15) is 0 Å². The molecule has 0 amide bonds. The van der Waals surface area contributed by atoms with E-state index in [2.05, 4.69) is 13.8 Å². The first-order valence-electron chi connectivity index (χ1n) is 6.31. The Bertz CT molecular complexity index is 206. The van der Waals surface area contributed by atoms with Gasteiger partial charge in [-0.1, -0.05) is 26.7 Å². The summed E-state index contributed by atoms with van der Waals surface area (Å²) in [6.45, 7) is 4.91. The number of hydrogen-bond acceptors (Lipinski definition) is 0. The lowest BCUT2D eigenvalue weighted by atomic mass is 9.73. The molecule has 3 rings (SSSR count). The first-order valence-corrected chi connectivity index (χ1v) is 6.31. The minimum absolute atomic E-state index is 1.07. The zero-order valence-corrected chi connectivity index (χ0v) is 9.00. The largest absolute Gasteiger partial charge is 0.0651 e. The molecule has 6 atom stereocenters. The second kappa shape index (κ2) is 2.74. The van der Waals surface area contributed by atoms with Crippen LogP contribution in [0.2, 0.25) is 0 Å². The van der Waals surface area contributed by atoms with Gasteiger partial charge in [0, 0.05) is 0 Å². The molecule has 3 aliphatic carbocycles. The molecule has 0 nitrogen and oxygen atoms in total. The molecule has 74 valence electrons. The fourth-order valence-corrected chi connectivity index (χ4v) is 5.09. The van der Waals surface area contributed by atoms with Crippen LogP contribution in [-0.2, 0) is 0 Å². The average molecular weight is 178 g/mol. The monoisotopic (exact) mass is 178 g/mol. The van der Waals surface area contributed by atoms with Crippen LogP contribution < -0.4 is 0 Å². The van der Waals surface area contributed by atoms with E-state index >= 15 is 0 Å². The third-order valence-electron chi connectivity index (χ3n) is 5.51. The van der Waals surface area contributed by atoms with Crippen LogP contribution in [0, 0.1) is 35.5 Å². The van der Waals surface area contributed by atoms with E-state index in [0.29, 0.717) is 0 Å². The van der Waals surface area contributed by atoms with Crippen LogP contribution in [0.15, 0.2) is 0 Å². The molecule has 6 unspecified atom stereocenters. The van der Waals surface area contributed by atoms with Crippen molar-refractivity contribution >= 4 is 0 Å². The SMILES string of the molecule is CCC1CC2CC1C1CCC(C)C21. The van der Waals surface area contributed by atoms with E-state index in [1.807, 2.05) is 0 Å². The van der Waals surface area contributed by atoms with E-state index in [1.54, 1.807) is 25.7 Å². The van der Waals surface area contributed by atoms with Crippen LogP contribution in [0.4, 0.5) is 0 Å². The lowest BCUT2D eigenvalue weighted by Gasteiger charge is -2.32. The summed E-state index contributed by atoms with van der Waals surface area (Å²) in [4.78, 5) is 0. The van der Waals surface area contributed by atoms with E-state index in [0.717, 1.165) is 29.6 Å². The van der Waals surface area contributed by atoms with Crippen LogP contribution in [0.5, 0.6) is 0 Å². The molecule has 0 radical (unpaired) electrons. The quantitative estimate of drug-likeness (QED) is 0.574. The molecule has 3 aliphatic rings. The van der Waals surface area contributed by atoms with Gasteiger partial charge in [-0.05, 0) is 54.8 Å². The summed E-state index contributed by atoms with van der Waals surface area (Å²) in [6, 6.07) is 0. The number of rotatable bonds is 1. The maximum atomic E-state index is 2.51. The van der Waals surface area contributed by atoms with Crippen LogP contribution in [0.3, 0.4) is 0 Å². The molecule has 0 spiro atoms. The van der Waals surface area contributed by atoms with Crippen molar-refractivity contribution in [1.82, 2.24) is 0 Å². The predicted octanol–water partition coefficient (Wildman–Crippen LogP) is 3.71. The van der Waals surface area contributed by atoms with Crippen molar-refractivity contribution in [2.24, 2.45) is 35.5 Å².